The number of amides is 5. The molecule has 0 aromatic carbocycles. The lowest BCUT2D eigenvalue weighted by molar-refractivity contribution is -0.144. The average molecular weight is 503 g/mol. The minimum Gasteiger partial charge on any atom is -0.481 e. The summed E-state index contributed by atoms with van der Waals surface area (Å²) in [6.45, 7) is 3.52. The van der Waals surface area contributed by atoms with Gasteiger partial charge in [-0.1, -0.05) is 20.3 Å². The van der Waals surface area contributed by atoms with Crippen LogP contribution in [0.15, 0.2) is 0 Å². The maximum Gasteiger partial charge on any atom is 0.326 e. The maximum absolute atomic E-state index is 12.9. The molecule has 0 saturated heterocycles. The summed E-state index contributed by atoms with van der Waals surface area (Å²) in [7, 11) is 0. The lowest BCUT2D eigenvalue weighted by Crippen LogP contribution is -2.58. The van der Waals surface area contributed by atoms with Gasteiger partial charge in [-0.3, -0.25) is 28.8 Å². The summed E-state index contributed by atoms with van der Waals surface area (Å²) in [5.41, 5.74) is 15.9. The minimum atomic E-state index is -1.70. The number of carboxylic acids is 2. The molecule has 0 saturated carbocycles. The molecular weight excluding hydrogens is 468 g/mol. The third kappa shape index (κ3) is 12.3. The van der Waals surface area contributed by atoms with Crippen molar-refractivity contribution < 1.29 is 43.8 Å². The number of carboxylic acid groups (broad SMARTS) is 2. The zero-order chi connectivity index (χ0) is 27.3. The molecule has 15 nitrogen and oxygen atoms in total. The van der Waals surface area contributed by atoms with E-state index in [1.165, 1.54) is 0 Å². The second-order valence-corrected chi connectivity index (χ2v) is 8.04. The Morgan fingerprint density at radius 1 is 0.743 bits per heavy atom. The molecular formula is C20H34N6O9. The fraction of sp³-hybridized carbons (Fsp3) is 0.650. The van der Waals surface area contributed by atoms with Gasteiger partial charge in [-0.25, -0.2) is 4.79 Å². The molecule has 0 radical (unpaired) electrons. The quantitative estimate of drug-likeness (QED) is 0.0991. The van der Waals surface area contributed by atoms with Crippen LogP contribution in [0.1, 0.15) is 52.4 Å². The molecule has 5 atom stereocenters. The van der Waals surface area contributed by atoms with Gasteiger partial charge in [0.1, 0.15) is 18.1 Å². The molecule has 0 rings (SSSR count). The van der Waals surface area contributed by atoms with Crippen molar-refractivity contribution in [3.8, 4) is 0 Å². The molecule has 0 aromatic heterocycles. The predicted molar refractivity (Wildman–Crippen MR) is 120 cm³/mol. The van der Waals surface area contributed by atoms with Gasteiger partial charge in [0.2, 0.25) is 29.5 Å². The molecule has 0 aliphatic rings. The largest absolute Gasteiger partial charge is 0.481 e. The van der Waals surface area contributed by atoms with Gasteiger partial charge in [-0.15, -0.1) is 0 Å². The Hall–Kier alpha value is -3.75. The van der Waals surface area contributed by atoms with Gasteiger partial charge in [0.15, 0.2) is 0 Å². The molecule has 15 heteroatoms. The van der Waals surface area contributed by atoms with Gasteiger partial charge in [0, 0.05) is 12.8 Å². The average Bonchev–Trinajstić information content (AvgIpc) is 2.76. The molecule has 0 bridgehead atoms. The van der Waals surface area contributed by atoms with Gasteiger partial charge >= 0.3 is 11.9 Å². The Labute approximate surface area is 201 Å². The molecule has 11 N–H and O–H groups in total. The summed E-state index contributed by atoms with van der Waals surface area (Å²) in [4.78, 5) is 82.5. The van der Waals surface area contributed by atoms with Crippen LogP contribution in [0.5, 0.6) is 0 Å². The van der Waals surface area contributed by atoms with Crippen molar-refractivity contribution in [2.24, 2.45) is 23.1 Å². The Balaban J connectivity index is 5.69. The first-order valence-electron chi connectivity index (χ1n) is 10.9. The van der Waals surface area contributed by atoms with Crippen LogP contribution in [0.4, 0.5) is 0 Å². The standard InChI is InChI=1S/C20H34N6O9/c1-3-9(2)16(23)19(33)25-11(5-7-15(29)30)17(31)24-10(4-6-13(21)27)18(32)26-12(20(34)35)8-14(22)28/h9-12,16H,3-8,23H2,1-2H3,(H2,21,27)(H2,22,28)(H,24,31)(H,25,33)(H,26,32)(H,29,30)(H,34,35). The molecule has 0 spiro atoms. The van der Waals surface area contributed by atoms with Crippen LogP contribution in [0.2, 0.25) is 0 Å². The molecule has 5 amide bonds. The van der Waals surface area contributed by atoms with Crippen LogP contribution in [0.3, 0.4) is 0 Å². The first-order chi connectivity index (χ1) is 16.2. The molecule has 0 heterocycles. The third-order valence-electron chi connectivity index (χ3n) is 5.17. The highest BCUT2D eigenvalue weighted by molar-refractivity contribution is 5.95. The van der Waals surface area contributed by atoms with Crippen LogP contribution in [0, 0.1) is 5.92 Å². The van der Waals surface area contributed by atoms with Gasteiger partial charge in [-0.05, 0) is 18.8 Å². The summed E-state index contributed by atoms with van der Waals surface area (Å²) in [5, 5.41) is 24.8. The lowest BCUT2D eigenvalue weighted by atomic mass is 9.98. The van der Waals surface area contributed by atoms with Crippen LogP contribution in [0.25, 0.3) is 0 Å². The molecule has 5 unspecified atom stereocenters. The van der Waals surface area contributed by atoms with E-state index < -0.39 is 78.5 Å². The van der Waals surface area contributed by atoms with Crippen molar-refractivity contribution in [3.05, 3.63) is 0 Å². The van der Waals surface area contributed by atoms with E-state index in [9.17, 15) is 38.7 Å². The maximum atomic E-state index is 12.9. The molecule has 35 heavy (non-hydrogen) atoms. The van der Waals surface area contributed by atoms with E-state index in [2.05, 4.69) is 10.6 Å². The zero-order valence-corrected chi connectivity index (χ0v) is 19.6. The Morgan fingerprint density at radius 2 is 1.20 bits per heavy atom. The van der Waals surface area contributed by atoms with E-state index >= 15 is 0 Å². The monoisotopic (exact) mass is 502 g/mol. The van der Waals surface area contributed by atoms with E-state index in [0.29, 0.717) is 6.42 Å². The molecule has 0 aliphatic heterocycles. The van der Waals surface area contributed by atoms with E-state index in [1.54, 1.807) is 13.8 Å². The highest BCUT2D eigenvalue weighted by atomic mass is 16.4. The van der Waals surface area contributed by atoms with Gasteiger partial charge < -0.3 is 43.4 Å². The van der Waals surface area contributed by atoms with Gasteiger partial charge in [0.25, 0.3) is 0 Å². The molecule has 198 valence electrons. The number of hydrogen-bond donors (Lipinski definition) is 8. The number of carbonyl (C=O) groups excluding carboxylic acids is 5. The summed E-state index contributed by atoms with van der Waals surface area (Å²) in [6.07, 6.45) is -1.74. The highest BCUT2D eigenvalue weighted by Gasteiger charge is 2.31. The Kier molecular flexibility index (Phi) is 13.6. The summed E-state index contributed by atoms with van der Waals surface area (Å²) in [5.74, 6) is -7.63. The lowest BCUT2D eigenvalue weighted by Gasteiger charge is -2.25. The predicted octanol–water partition coefficient (Wildman–Crippen LogP) is -3.10. The number of hydrogen-bond acceptors (Lipinski definition) is 8. The van der Waals surface area contributed by atoms with Gasteiger partial charge in [0.05, 0.1) is 12.5 Å². The topological polar surface area (TPSA) is 274 Å². The van der Waals surface area contributed by atoms with Crippen LogP contribution in [-0.2, 0) is 33.6 Å². The van der Waals surface area contributed by atoms with Crippen molar-refractivity contribution in [3.63, 3.8) is 0 Å². The number of primary amides is 2. The van der Waals surface area contributed by atoms with Gasteiger partial charge in [-0.2, -0.15) is 0 Å². The van der Waals surface area contributed by atoms with Crippen molar-refractivity contribution in [2.75, 3.05) is 0 Å². The van der Waals surface area contributed by atoms with Crippen molar-refractivity contribution in [2.45, 2.75) is 76.5 Å². The summed E-state index contributed by atoms with van der Waals surface area (Å²) < 4.78 is 0. The fourth-order valence-corrected chi connectivity index (χ4v) is 2.82. The third-order valence-corrected chi connectivity index (χ3v) is 5.17. The number of carbonyl (C=O) groups is 7. The van der Waals surface area contributed by atoms with E-state index in [-0.39, 0.29) is 25.2 Å². The zero-order valence-electron chi connectivity index (χ0n) is 19.6. The second-order valence-electron chi connectivity index (χ2n) is 8.04. The highest BCUT2D eigenvalue weighted by Crippen LogP contribution is 2.08. The minimum absolute atomic E-state index is 0.245. The second kappa shape index (κ2) is 15.2. The summed E-state index contributed by atoms with van der Waals surface area (Å²) in [6, 6.07) is -5.60. The Bertz CT molecular complexity index is 819. The summed E-state index contributed by atoms with van der Waals surface area (Å²) >= 11 is 0. The Morgan fingerprint density at radius 3 is 1.60 bits per heavy atom. The molecule has 0 fully saturated rings. The van der Waals surface area contributed by atoms with Crippen molar-refractivity contribution >= 4 is 41.5 Å². The number of nitrogens with two attached hydrogens (primary N) is 3. The fourth-order valence-electron chi connectivity index (χ4n) is 2.82. The smallest absolute Gasteiger partial charge is 0.326 e. The molecule has 0 aliphatic carbocycles. The van der Waals surface area contributed by atoms with E-state index in [4.69, 9.17) is 22.3 Å². The van der Waals surface area contributed by atoms with Crippen LogP contribution < -0.4 is 33.2 Å². The number of nitrogens with one attached hydrogen (secondary N) is 3. The van der Waals surface area contributed by atoms with Crippen molar-refractivity contribution in [1.29, 1.82) is 0 Å². The first-order valence-corrected chi connectivity index (χ1v) is 10.9. The SMILES string of the molecule is CCC(C)C(N)C(=O)NC(CCC(=O)O)C(=O)NC(CCC(N)=O)C(=O)NC(CC(N)=O)C(=O)O. The van der Waals surface area contributed by atoms with E-state index in [0.717, 1.165) is 0 Å². The van der Waals surface area contributed by atoms with Crippen molar-refractivity contribution in [1.82, 2.24) is 16.0 Å². The number of rotatable bonds is 17. The normalized spacial score (nSPS) is 14.9. The van der Waals surface area contributed by atoms with Crippen LogP contribution >= 0.6 is 0 Å². The van der Waals surface area contributed by atoms with Crippen LogP contribution in [-0.4, -0.2) is 75.9 Å². The molecule has 0 aromatic rings. The van der Waals surface area contributed by atoms with E-state index in [1.807, 2.05) is 5.32 Å². The number of aliphatic carboxylic acids is 2. The first kappa shape index (κ1) is 31.2.